The fourth-order valence-electron chi connectivity index (χ4n) is 1.75. The fourth-order valence-corrected chi connectivity index (χ4v) is 1.75. The van der Waals surface area contributed by atoms with E-state index in [1.807, 2.05) is 6.92 Å². The SMILES string of the molecule is CCOC(=O)NCCCN1CCN(C)CC1. The van der Waals surface area contributed by atoms with E-state index in [-0.39, 0.29) is 6.09 Å². The van der Waals surface area contributed by atoms with Crippen LogP contribution in [0.15, 0.2) is 0 Å². The maximum absolute atomic E-state index is 11.0. The van der Waals surface area contributed by atoms with Crippen molar-refractivity contribution in [1.82, 2.24) is 15.1 Å². The van der Waals surface area contributed by atoms with Gasteiger partial charge in [-0.25, -0.2) is 4.79 Å². The van der Waals surface area contributed by atoms with Crippen molar-refractivity contribution in [3.63, 3.8) is 0 Å². The van der Waals surface area contributed by atoms with Gasteiger partial charge >= 0.3 is 6.09 Å². The molecule has 1 N–H and O–H groups in total. The van der Waals surface area contributed by atoms with Gasteiger partial charge in [0.25, 0.3) is 0 Å². The number of nitrogens with zero attached hydrogens (tertiary/aromatic N) is 2. The Hall–Kier alpha value is -0.810. The summed E-state index contributed by atoms with van der Waals surface area (Å²) < 4.78 is 4.78. The molecule has 16 heavy (non-hydrogen) atoms. The van der Waals surface area contributed by atoms with Crippen molar-refractivity contribution < 1.29 is 9.53 Å². The van der Waals surface area contributed by atoms with Gasteiger partial charge in [-0.1, -0.05) is 0 Å². The summed E-state index contributed by atoms with van der Waals surface area (Å²) in [5.74, 6) is 0. The second-order valence-corrected chi connectivity index (χ2v) is 4.15. The van der Waals surface area contributed by atoms with Gasteiger partial charge in [0.1, 0.15) is 0 Å². The zero-order chi connectivity index (χ0) is 11.8. The van der Waals surface area contributed by atoms with Crippen LogP contribution in [0, 0.1) is 0 Å². The summed E-state index contributed by atoms with van der Waals surface area (Å²) in [6.45, 7) is 8.56. The highest BCUT2D eigenvalue weighted by Gasteiger charge is 2.12. The lowest BCUT2D eigenvalue weighted by Crippen LogP contribution is -2.45. The van der Waals surface area contributed by atoms with Gasteiger partial charge in [-0.3, -0.25) is 0 Å². The van der Waals surface area contributed by atoms with Gasteiger partial charge in [0.05, 0.1) is 6.61 Å². The maximum Gasteiger partial charge on any atom is 0.407 e. The molecule has 0 unspecified atom stereocenters. The highest BCUT2D eigenvalue weighted by atomic mass is 16.5. The van der Waals surface area contributed by atoms with Gasteiger partial charge in [0.2, 0.25) is 0 Å². The summed E-state index contributed by atoms with van der Waals surface area (Å²) >= 11 is 0. The molecule has 1 fully saturated rings. The third kappa shape index (κ3) is 5.32. The number of hydrogen-bond acceptors (Lipinski definition) is 4. The molecule has 0 aromatic heterocycles. The first-order valence-electron chi connectivity index (χ1n) is 6.04. The predicted octanol–water partition coefficient (Wildman–Crippen LogP) is 0.370. The van der Waals surface area contributed by atoms with Crippen LogP contribution < -0.4 is 5.32 Å². The average Bonchev–Trinajstić information content (AvgIpc) is 2.27. The first kappa shape index (κ1) is 13.3. The van der Waals surface area contributed by atoms with Gasteiger partial charge < -0.3 is 19.9 Å². The lowest BCUT2D eigenvalue weighted by atomic mass is 10.3. The van der Waals surface area contributed by atoms with Crippen molar-refractivity contribution in [3.05, 3.63) is 0 Å². The number of nitrogens with one attached hydrogen (secondary N) is 1. The molecule has 0 atom stereocenters. The summed E-state index contributed by atoms with van der Waals surface area (Å²) in [6.07, 6.45) is 0.684. The number of carbonyl (C=O) groups is 1. The number of amides is 1. The van der Waals surface area contributed by atoms with Crippen LogP contribution in [0.1, 0.15) is 13.3 Å². The van der Waals surface area contributed by atoms with E-state index in [0.717, 1.165) is 39.1 Å². The highest BCUT2D eigenvalue weighted by Crippen LogP contribution is 1.99. The number of ether oxygens (including phenoxy) is 1. The van der Waals surface area contributed by atoms with Crippen LogP contribution >= 0.6 is 0 Å². The third-order valence-corrected chi connectivity index (χ3v) is 2.79. The molecule has 1 heterocycles. The lowest BCUT2D eigenvalue weighted by molar-refractivity contribution is 0.145. The van der Waals surface area contributed by atoms with E-state index in [4.69, 9.17) is 4.74 Å². The predicted molar refractivity (Wildman–Crippen MR) is 63.6 cm³/mol. The van der Waals surface area contributed by atoms with E-state index < -0.39 is 0 Å². The number of piperazine rings is 1. The quantitative estimate of drug-likeness (QED) is 0.692. The molecule has 0 saturated carbocycles. The molecule has 0 bridgehead atoms. The highest BCUT2D eigenvalue weighted by molar-refractivity contribution is 5.66. The molecule has 1 aliphatic rings. The zero-order valence-electron chi connectivity index (χ0n) is 10.4. The van der Waals surface area contributed by atoms with Crippen molar-refractivity contribution in [2.45, 2.75) is 13.3 Å². The zero-order valence-corrected chi connectivity index (χ0v) is 10.4. The number of alkyl carbamates (subject to hydrolysis) is 1. The molecule has 0 radical (unpaired) electrons. The van der Waals surface area contributed by atoms with Crippen molar-refractivity contribution in [3.8, 4) is 0 Å². The Bertz CT molecular complexity index is 203. The largest absolute Gasteiger partial charge is 0.450 e. The van der Waals surface area contributed by atoms with Gasteiger partial charge in [-0.05, 0) is 26.9 Å². The molecular formula is C11H23N3O2. The lowest BCUT2D eigenvalue weighted by Gasteiger charge is -2.32. The normalized spacial score (nSPS) is 18.4. The van der Waals surface area contributed by atoms with E-state index >= 15 is 0 Å². The van der Waals surface area contributed by atoms with Crippen molar-refractivity contribution in [1.29, 1.82) is 0 Å². The van der Waals surface area contributed by atoms with E-state index in [0.29, 0.717) is 13.2 Å². The van der Waals surface area contributed by atoms with Crippen LogP contribution in [0.25, 0.3) is 0 Å². The molecule has 0 aromatic rings. The summed E-state index contributed by atoms with van der Waals surface area (Å²) in [7, 11) is 2.15. The topological polar surface area (TPSA) is 44.8 Å². The van der Waals surface area contributed by atoms with Crippen LogP contribution in [-0.4, -0.2) is 68.8 Å². The molecule has 5 nitrogen and oxygen atoms in total. The molecule has 0 aromatic carbocycles. The first-order chi connectivity index (χ1) is 7.72. The molecule has 94 valence electrons. The van der Waals surface area contributed by atoms with Gasteiger partial charge in [0.15, 0.2) is 0 Å². The van der Waals surface area contributed by atoms with Gasteiger partial charge in [-0.2, -0.15) is 0 Å². The van der Waals surface area contributed by atoms with Crippen LogP contribution in [0.3, 0.4) is 0 Å². The van der Waals surface area contributed by atoms with Crippen molar-refractivity contribution in [2.75, 3.05) is 52.9 Å². The minimum absolute atomic E-state index is 0.305. The fraction of sp³-hybridized carbons (Fsp3) is 0.909. The average molecular weight is 229 g/mol. The third-order valence-electron chi connectivity index (χ3n) is 2.79. The Balaban J connectivity index is 1.97. The Morgan fingerprint density at radius 2 is 2.00 bits per heavy atom. The summed E-state index contributed by atoms with van der Waals surface area (Å²) in [6, 6.07) is 0. The Labute approximate surface area is 97.7 Å². The van der Waals surface area contributed by atoms with Gasteiger partial charge in [-0.15, -0.1) is 0 Å². The van der Waals surface area contributed by atoms with Crippen LogP contribution in [0.4, 0.5) is 4.79 Å². The van der Waals surface area contributed by atoms with Crippen molar-refractivity contribution in [2.24, 2.45) is 0 Å². The van der Waals surface area contributed by atoms with Crippen LogP contribution in [0.2, 0.25) is 0 Å². The van der Waals surface area contributed by atoms with Crippen molar-refractivity contribution >= 4 is 6.09 Å². The van der Waals surface area contributed by atoms with E-state index in [9.17, 15) is 4.79 Å². The Morgan fingerprint density at radius 3 is 2.62 bits per heavy atom. The number of hydrogen-bond donors (Lipinski definition) is 1. The van der Waals surface area contributed by atoms with E-state index in [1.165, 1.54) is 0 Å². The minimum atomic E-state index is -0.305. The molecular weight excluding hydrogens is 206 g/mol. The molecule has 0 spiro atoms. The molecule has 1 rings (SSSR count). The summed E-state index contributed by atoms with van der Waals surface area (Å²) in [5, 5.41) is 2.73. The Kier molecular flexibility index (Phi) is 6.18. The van der Waals surface area contributed by atoms with E-state index in [2.05, 4.69) is 22.2 Å². The monoisotopic (exact) mass is 229 g/mol. The second kappa shape index (κ2) is 7.46. The summed E-state index contributed by atoms with van der Waals surface area (Å²) in [5.41, 5.74) is 0. The first-order valence-corrected chi connectivity index (χ1v) is 6.04. The molecule has 0 aliphatic carbocycles. The minimum Gasteiger partial charge on any atom is -0.450 e. The Morgan fingerprint density at radius 1 is 1.31 bits per heavy atom. The van der Waals surface area contributed by atoms with E-state index in [1.54, 1.807) is 0 Å². The molecule has 5 heteroatoms. The second-order valence-electron chi connectivity index (χ2n) is 4.15. The van der Waals surface area contributed by atoms with Crippen LogP contribution in [-0.2, 0) is 4.74 Å². The number of rotatable bonds is 5. The van der Waals surface area contributed by atoms with Gasteiger partial charge in [0, 0.05) is 32.7 Å². The van der Waals surface area contributed by atoms with Crippen LogP contribution in [0.5, 0.6) is 0 Å². The summed E-state index contributed by atoms with van der Waals surface area (Å²) in [4.78, 5) is 15.8. The molecule has 1 saturated heterocycles. The standard InChI is InChI=1S/C11H23N3O2/c1-3-16-11(15)12-5-4-6-14-9-7-13(2)8-10-14/h3-10H2,1-2H3,(H,12,15). The smallest absolute Gasteiger partial charge is 0.407 e. The maximum atomic E-state index is 11.0. The molecule has 1 amide bonds. The number of carbonyl (C=O) groups excluding carboxylic acids is 1. The number of likely N-dealkylation sites (N-methyl/N-ethyl adjacent to an activating group) is 1. The molecule has 1 aliphatic heterocycles.